The predicted octanol–water partition coefficient (Wildman–Crippen LogP) is 9.41. The number of carbonyl (C=O) groups is 4. The van der Waals surface area contributed by atoms with Gasteiger partial charge < -0.3 is 71.6 Å². The Balaban J connectivity index is 0.624. The third kappa shape index (κ3) is 29.0. The third-order valence-corrected chi connectivity index (χ3v) is 14.8. The first-order chi connectivity index (χ1) is 45.5. The Labute approximate surface area is 550 Å². The average molecular weight is 1290 g/mol. The topological polar surface area (TPSA) is 222 Å². The first-order valence-electron chi connectivity index (χ1n) is 32.7. The SMILES string of the molecule is Cc1ccc(C(NCCCC(=O)CCOCCOCCOCCOCCOCCOCCOCCOCCOCCOCCOCCOCCCC(=O)[C@H](NC(=O)OCC2c3ccccc3-c3ccccc32)C(=O)OC(C)(C)C)(c2ccccc2)c2ccccc2)cc1. The summed E-state index contributed by atoms with van der Waals surface area (Å²) in [6.07, 6.45) is 0.998. The number of rotatable bonds is 53. The molecule has 0 unspecified atom stereocenters. The van der Waals surface area contributed by atoms with Crippen LogP contribution in [0.3, 0.4) is 0 Å². The van der Waals surface area contributed by atoms with E-state index in [-0.39, 0.29) is 31.3 Å². The predicted molar refractivity (Wildman–Crippen MR) is 353 cm³/mol. The van der Waals surface area contributed by atoms with Crippen molar-refractivity contribution in [2.75, 3.05) is 172 Å². The van der Waals surface area contributed by atoms with Gasteiger partial charge in [0.25, 0.3) is 0 Å². The zero-order valence-electron chi connectivity index (χ0n) is 55.1. The van der Waals surface area contributed by atoms with E-state index in [9.17, 15) is 19.2 Å². The molecule has 0 bridgehead atoms. The van der Waals surface area contributed by atoms with Crippen LogP contribution in [-0.4, -0.2) is 207 Å². The fourth-order valence-electron chi connectivity index (χ4n) is 10.3. The number of amides is 1. The molecule has 0 aromatic heterocycles. The van der Waals surface area contributed by atoms with E-state index < -0.39 is 35.0 Å². The van der Waals surface area contributed by atoms with Crippen molar-refractivity contribution in [2.45, 2.75) is 82.9 Å². The van der Waals surface area contributed by atoms with E-state index in [0.717, 1.165) is 38.9 Å². The number of nitrogens with one attached hydrogen (secondary N) is 2. The highest BCUT2D eigenvalue weighted by Gasteiger charge is 2.37. The number of Topliss-reactive ketones (excluding diaryl/α,β-unsaturated/α-hetero) is 2. The standard InChI is InChI=1S/C73H100N2O18/c1-58-27-29-61(30-28-58)73(59-17-7-5-8-18-59,60-19-9-6-10-20-60)74-32-15-21-62(76)31-34-81-36-38-83-40-42-85-44-46-87-48-50-89-52-54-91-56-55-90-53-51-88-49-47-86-45-43-84-41-39-82-37-35-80-33-16-26-68(77)69(70(78)93-72(2,3)4)75-71(79)92-57-67-65-24-13-11-22-63(65)64-23-12-14-25-66(64)67/h5-14,17-20,22-25,27-30,67,69,74H,15-16,21,26,31-57H2,1-4H3,(H,75,79)/t69-/m0/s1. The van der Waals surface area contributed by atoms with Crippen LogP contribution >= 0.6 is 0 Å². The van der Waals surface area contributed by atoms with Crippen LogP contribution in [0.2, 0.25) is 0 Å². The summed E-state index contributed by atoms with van der Waals surface area (Å²) in [5, 5.41) is 6.32. The third-order valence-electron chi connectivity index (χ3n) is 14.8. The number of ketones is 2. The second kappa shape index (κ2) is 45.1. The number of hydrogen-bond donors (Lipinski definition) is 2. The summed E-state index contributed by atoms with van der Waals surface area (Å²) in [4.78, 5) is 52.1. The molecule has 0 heterocycles. The smallest absolute Gasteiger partial charge is 0.408 e. The number of benzene rings is 5. The van der Waals surface area contributed by atoms with E-state index in [2.05, 4.69) is 90.4 Å². The molecule has 0 fully saturated rings. The number of alkyl carbamates (subject to hydrolysis) is 1. The summed E-state index contributed by atoms with van der Waals surface area (Å²) in [7, 11) is 0. The molecule has 0 saturated carbocycles. The first kappa shape index (κ1) is 75.7. The van der Waals surface area contributed by atoms with Gasteiger partial charge in [0.05, 0.1) is 157 Å². The molecular formula is C73H100N2O18. The normalized spacial score (nSPS) is 12.6. The maximum Gasteiger partial charge on any atom is 0.408 e. The fourth-order valence-corrected chi connectivity index (χ4v) is 10.3. The van der Waals surface area contributed by atoms with E-state index in [1.54, 1.807) is 20.8 Å². The van der Waals surface area contributed by atoms with Gasteiger partial charge in [-0.15, -0.1) is 0 Å². The molecule has 6 rings (SSSR count). The molecule has 0 aliphatic heterocycles. The van der Waals surface area contributed by atoms with Crippen LogP contribution in [0.5, 0.6) is 0 Å². The van der Waals surface area contributed by atoms with Gasteiger partial charge in [-0.2, -0.15) is 0 Å². The van der Waals surface area contributed by atoms with Gasteiger partial charge in [-0.25, -0.2) is 9.59 Å². The minimum atomic E-state index is -1.52. The summed E-state index contributed by atoms with van der Waals surface area (Å²) in [6.45, 7) is 18.0. The highest BCUT2D eigenvalue weighted by molar-refractivity contribution is 6.05. The monoisotopic (exact) mass is 1290 g/mol. The maximum absolute atomic E-state index is 13.2. The van der Waals surface area contributed by atoms with Gasteiger partial charge in [-0.1, -0.05) is 139 Å². The molecular weight excluding hydrogens is 1190 g/mol. The summed E-state index contributed by atoms with van der Waals surface area (Å²) in [5.41, 5.74) is 7.50. The molecule has 0 spiro atoms. The van der Waals surface area contributed by atoms with Crippen LogP contribution in [0.25, 0.3) is 11.1 Å². The minimum Gasteiger partial charge on any atom is -0.458 e. The maximum atomic E-state index is 13.2. The quantitative estimate of drug-likeness (QED) is 0.0160. The zero-order valence-corrected chi connectivity index (χ0v) is 55.1. The number of aryl methyl sites for hydroxylation is 1. The summed E-state index contributed by atoms with van der Waals surface area (Å²) in [5.74, 6) is -1.35. The van der Waals surface area contributed by atoms with E-state index in [1.165, 1.54) is 5.56 Å². The highest BCUT2D eigenvalue weighted by Crippen LogP contribution is 2.44. The molecule has 5 aromatic carbocycles. The van der Waals surface area contributed by atoms with Gasteiger partial charge in [0.2, 0.25) is 0 Å². The Hall–Kier alpha value is -6.34. The van der Waals surface area contributed by atoms with E-state index in [1.807, 2.05) is 60.7 Å². The number of hydrogen-bond acceptors (Lipinski definition) is 19. The molecule has 20 nitrogen and oxygen atoms in total. The van der Waals surface area contributed by atoms with Crippen LogP contribution in [0, 0.1) is 6.92 Å². The van der Waals surface area contributed by atoms with Crippen molar-refractivity contribution in [1.29, 1.82) is 0 Å². The zero-order chi connectivity index (χ0) is 65.9. The molecule has 5 aromatic rings. The molecule has 1 aliphatic carbocycles. The molecule has 510 valence electrons. The van der Waals surface area contributed by atoms with Crippen molar-refractivity contribution >= 4 is 23.6 Å². The Morgan fingerprint density at radius 2 is 0.774 bits per heavy atom. The molecule has 93 heavy (non-hydrogen) atoms. The Morgan fingerprint density at radius 1 is 0.409 bits per heavy atom. The van der Waals surface area contributed by atoms with Crippen molar-refractivity contribution in [1.82, 2.24) is 10.6 Å². The number of fused-ring (bicyclic) bond motifs is 3. The van der Waals surface area contributed by atoms with E-state index in [0.29, 0.717) is 184 Å². The lowest BCUT2D eigenvalue weighted by Crippen LogP contribution is -2.49. The second-order valence-corrected chi connectivity index (χ2v) is 23.0. The molecule has 1 aliphatic rings. The Morgan fingerprint density at radius 3 is 1.18 bits per heavy atom. The van der Waals surface area contributed by atoms with Gasteiger partial charge in [0.1, 0.15) is 18.0 Å². The van der Waals surface area contributed by atoms with Crippen molar-refractivity contribution in [2.24, 2.45) is 0 Å². The van der Waals surface area contributed by atoms with Gasteiger partial charge in [0.15, 0.2) is 11.8 Å². The van der Waals surface area contributed by atoms with Crippen LogP contribution < -0.4 is 10.6 Å². The fraction of sp³-hybridized carbons (Fsp3) is 0.534. The van der Waals surface area contributed by atoms with Crippen molar-refractivity contribution < 1.29 is 85.5 Å². The van der Waals surface area contributed by atoms with Gasteiger partial charge in [-0.05, 0) is 86.0 Å². The highest BCUT2D eigenvalue weighted by atomic mass is 16.6. The Bertz CT molecular complexity index is 2750. The summed E-state index contributed by atoms with van der Waals surface area (Å²) < 4.78 is 78.0. The number of esters is 1. The molecule has 1 atom stereocenters. The number of ether oxygens (including phenoxy) is 14. The molecule has 1 amide bonds. The van der Waals surface area contributed by atoms with E-state index in [4.69, 9.17) is 66.3 Å². The molecule has 0 saturated heterocycles. The van der Waals surface area contributed by atoms with Crippen molar-refractivity contribution in [3.05, 3.63) is 167 Å². The van der Waals surface area contributed by atoms with E-state index >= 15 is 0 Å². The molecule has 2 N–H and O–H groups in total. The summed E-state index contributed by atoms with van der Waals surface area (Å²) in [6, 6.07) is 44.1. The van der Waals surface area contributed by atoms with Crippen LogP contribution in [-0.2, 0) is 86.2 Å². The lowest BCUT2D eigenvalue weighted by molar-refractivity contribution is -0.159. The molecule has 0 radical (unpaired) electrons. The van der Waals surface area contributed by atoms with Crippen molar-refractivity contribution in [3.8, 4) is 11.1 Å². The minimum absolute atomic E-state index is 0.0177. The van der Waals surface area contributed by atoms with Crippen molar-refractivity contribution in [3.63, 3.8) is 0 Å². The van der Waals surface area contributed by atoms with Crippen LogP contribution in [0.4, 0.5) is 4.79 Å². The lowest BCUT2D eigenvalue weighted by Gasteiger charge is -2.37. The van der Waals surface area contributed by atoms with Gasteiger partial charge in [-0.3, -0.25) is 14.9 Å². The summed E-state index contributed by atoms with van der Waals surface area (Å²) >= 11 is 0. The lowest BCUT2D eigenvalue weighted by atomic mass is 9.76. The Kier molecular flexibility index (Phi) is 36.7. The first-order valence-corrected chi connectivity index (χ1v) is 32.7. The second-order valence-electron chi connectivity index (χ2n) is 23.0. The van der Waals surface area contributed by atoms with Crippen LogP contribution in [0.15, 0.2) is 133 Å². The van der Waals surface area contributed by atoms with Gasteiger partial charge >= 0.3 is 12.1 Å². The molecule has 20 heteroatoms. The number of carbonyl (C=O) groups excluding carboxylic acids is 4. The van der Waals surface area contributed by atoms with Crippen LogP contribution in [0.1, 0.15) is 92.2 Å². The average Bonchev–Trinajstić information content (AvgIpc) is 1.31. The van der Waals surface area contributed by atoms with Gasteiger partial charge in [0, 0.05) is 31.8 Å². The largest absolute Gasteiger partial charge is 0.458 e.